The Morgan fingerprint density at radius 3 is 2.52 bits per heavy atom. The van der Waals surface area contributed by atoms with Crippen molar-refractivity contribution in [2.75, 3.05) is 39.3 Å². The van der Waals surface area contributed by atoms with Crippen molar-refractivity contribution < 1.29 is 14.6 Å². The number of piperazine rings is 1. The maximum atomic E-state index is 12.5. The fourth-order valence-corrected chi connectivity index (χ4v) is 4.53. The van der Waals surface area contributed by atoms with Gasteiger partial charge >= 0.3 is 0 Å². The lowest BCUT2D eigenvalue weighted by Gasteiger charge is -2.35. The van der Waals surface area contributed by atoms with Crippen molar-refractivity contribution in [2.24, 2.45) is 11.8 Å². The Balaban J connectivity index is 1.35. The molecule has 3 N–H and O–H groups in total. The normalized spacial score (nSPS) is 31.7. The Morgan fingerprint density at radius 1 is 1.07 bits per heavy atom. The van der Waals surface area contributed by atoms with E-state index >= 15 is 0 Å². The van der Waals surface area contributed by atoms with Crippen molar-refractivity contribution in [3.8, 4) is 0 Å². The van der Waals surface area contributed by atoms with Crippen molar-refractivity contribution in [3.63, 3.8) is 0 Å². The van der Waals surface area contributed by atoms with Gasteiger partial charge in [-0.15, -0.1) is 0 Å². The first-order chi connectivity index (χ1) is 13.1. The number of carbonyl (C=O) groups excluding carboxylic acids is 1. The van der Waals surface area contributed by atoms with Crippen LogP contribution in [0, 0.1) is 11.8 Å². The van der Waals surface area contributed by atoms with E-state index in [1.165, 1.54) is 23.3 Å². The molecule has 1 amide bonds. The van der Waals surface area contributed by atoms with Crippen LogP contribution in [0.5, 0.6) is 0 Å². The van der Waals surface area contributed by atoms with Gasteiger partial charge in [0, 0.05) is 6.04 Å². The van der Waals surface area contributed by atoms with Crippen LogP contribution < -0.4 is 15.1 Å². The standard InChI is InChI=1S/C23H35N3O/c1-19-8-6-12-22(20(19)2)24-23(27)18-26-16-14-25(15-17-26)13-7-11-21-9-4-3-5-10-21/h3-5,7,9-11,19-20,22H,6,8,12-18H2,1-2H3,(H,24,27)/p+2/b11-7+/t19-,20-,22+/m1/s1. The number of quaternary nitrogens is 2. The van der Waals surface area contributed by atoms with Gasteiger partial charge in [-0.25, -0.2) is 0 Å². The predicted molar refractivity (Wildman–Crippen MR) is 111 cm³/mol. The molecule has 148 valence electrons. The molecule has 1 saturated carbocycles. The average Bonchev–Trinajstić information content (AvgIpc) is 2.68. The SMILES string of the molecule is C[C@@H]1[C@H](C)CCC[C@@H]1NC(=O)C[NH+]1CC[NH+](C/C=C/c2ccccc2)CC1. The summed E-state index contributed by atoms with van der Waals surface area (Å²) in [5, 5.41) is 3.33. The van der Waals surface area contributed by atoms with Crippen molar-refractivity contribution in [3.05, 3.63) is 42.0 Å². The summed E-state index contributed by atoms with van der Waals surface area (Å²) >= 11 is 0. The maximum Gasteiger partial charge on any atom is 0.275 e. The monoisotopic (exact) mass is 371 g/mol. The van der Waals surface area contributed by atoms with E-state index in [1.807, 2.05) is 0 Å². The smallest absolute Gasteiger partial charge is 0.275 e. The Labute approximate surface area is 164 Å². The summed E-state index contributed by atoms with van der Waals surface area (Å²) in [6.45, 7) is 10.8. The molecular formula is C23H37N3O+2. The van der Waals surface area contributed by atoms with Crippen LogP contribution in [-0.4, -0.2) is 51.2 Å². The second-order valence-electron chi connectivity index (χ2n) is 8.64. The first kappa shape index (κ1) is 20.1. The van der Waals surface area contributed by atoms with E-state index in [2.05, 4.69) is 61.6 Å². The first-order valence-electron chi connectivity index (χ1n) is 10.8. The van der Waals surface area contributed by atoms with E-state index in [4.69, 9.17) is 0 Å². The zero-order chi connectivity index (χ0) is 19.1. The zero-order valence-electron chi connectivity index (χ0n) is 17.0. The van der Waals surface area contributed by atoms with Crippen LogP contribution in [0.2, 0.25) is 0 Å². The summed E-state index contributed by atoms with van der Waals surface area (Å²) in [4.78, 5) is 15.6. The number of amides is 1. The Kier molecular flexibility index (Phi) is 7.48. The van der Waals surface area contributed by atoms with E-state index < -0.39 is 0 Å². The highest BCUT2D eigenvalue weighted by atomic mass is 16.2. The average molecular weight is 372 g/mol. The highest BCUT2D eigenvalue weighted by molar-refractivity contribution is 5.77. The van der Waals surface area contributed by atoms with Gasteiger partial charge in [0.25, 0.3) is 5.91 Å². The van der Waals surface area contributed by atoms with Crippen LogP contribution in [0.3, 0.4) is 0 Å². The summed E-state index contributed by atoms with van der Waals surface area (Å²) < 4.78 is 0. The predicted octanol–water partition coefficient (Wildman–Crippen LogP) is 0.424. The second kappa shape index (κ2) is 10.0. The highest BCUT2D eigenvalue weighted by Crippen LogP contribution is 2.29. The molecule has 1 aliphatic heterocycles. The molecule has 0 bridgehead atoms. The number of hydrogen-bond donors (Lipinski definition) is 3. The van der Waals surface area contributed by atoms with Crippen LogP contribution >= 0.6 is 0 Å². The fraction of sp³-hybridized carbons (Fsp3) is 0.609. The second-order valence-corrected chi connectivity index (χ2v) is 8.64. The number of rotatable bonds is 6. The van der Waals surface area contributed by atoms with Gasteiger partial charge in [-0.05, 0) is 29.9 Å². The number of hydrogen-bond acceptors (Lipinski definition) is 1. The number of carbonyl (C=O) groups is 1. The Hall–Kier alpha value is -1.65. The molecule has 4 nitrogen and oxygen atoms in total. The molecule has 2 aliphatic rings. The molecule has 1 aromatic rings. The van der Waals surface area contributed by atoms with Crippen LogP contribution in [0.15, 0.2) is 36.4 Å². The largest absolute Gasteiger partial charge is 0.348 e. The molecule has 4 heteroatoms. The number of benzene rings is 1. The van der Waals surface area contributed by atoms with Gasteiger partial charge in [0.05, 0.1) is 6.54 Å². The summed E-state index contributed by atoms with van der Waals surface area (Å²) in [6, 6.07) is 10.9. The summed E-state index contributed by atoms with van der Waals surface area (Å²) in [7, 11) is 0. The van der Waals surface area contributed by atoms with Gasteiger partial charge < -0.3 is 15.1 Å². The van der Waals surface area contributed by atoms with Crippen LogP contribution in [-0.2, 0) is 4.79 Å². The minimum absolute atomic E-state index is 0.253. The lowest BCUT2D eigenvalue weighted by atomic mass is 9.78. The molecule has 3 atom stereocenters. The molecule has 27 heavy (non-hydrogen) atoms. The van der Waals surface area contributed by atoms with Crippen LogP contribution in [0.1, 0.15) is 38.7 Å². The lowest BCUT2D eigenvalue weighted by molar-refractivity contribution is -1.01. The van der Waals surface area contributed by atoms with Crippen molar-refractivity contribution in [1.29, 1.82) is 0 Å². The molecule has 1 saturated heterocycles. The molecule has 1 aromatic carbocycles. The summed E-state index contributed by atoms with van der Waals surface area (Å²) in [5.74, 6) is 1.59. The molecule has 0 radical (unpaired) electrons. The highest BCUT2D eigenvalue weighted by Gasteiger charge is 2.30. The Bertz CT molecular complexity index is 607. The van der Waals surface area contributed by atoms with Gasteiger partial charge in [-0.2, -0.15) is 0 Å². The molecule has 3 rings (SSSR count). The fourth-order valence-electron chi connectivity index (χ4n) is 4.53. The molecule has 1 heterocycles. The molecule has 2 fully saturated rings. The molecule has 1 aliphatic carbocycles. The van der Waals surface area contributed by atoms with Gasteiger partial charge in [-0.1, -0.05) is 63.1 Å². The van der Waals surface area contributed by atoms with Gasteiger partial charge in [0.2, 0.25) is 0 Å². The van der Waals surface area contributed by atoms with E-state index in [0.717, 1.165) is 45.1 Å². The third kappa shape index (κ3) is 6.18. The Morgan fingerprint density at radius 2 is 1.78 bits per heavy atom. The van der Waals surface area contributed by atoms with E-state index in [0.29, 0.717) is 18.5 Å². The number of nitrogens with one attached hydrogen (secondary N) is 3. The summed E-state index contributed by atoms with van der Waals surface area (Å²) in [6.07, 6.45) is 8.21. The minimum atomic E-state index is 0.253. The minimum Gasteiger partial charge on any atom is -0.348 e. The third-order valence-electron chi connectivity index (χ3n) is 6.64. The topological polar surface area (TPSA) is 38.0 Å². The molecule has 0 unspecified atom stereocenters. The molecule has 0 aromatic heterocycles. The van der Waals surface area contributed by atoms with Crippen LogP contribution in [0.25, 0.3) is 6.08 Å². The summed E-state index contributed by atoms with van der Waals surface area (Å²) in [5.41, 5.74) is 1.27. The molecule has 0 spiro atoms. The van der Waals surface area contributed by atoms with Gasteiger partial charge in [0.15, 0.2) is 6.54 Å². The lowest BCUT2D eigenvalue weighted by Crippen LogP contribution is -3.28. The quantitative estimate of drug-likeness (QED) is 0.666. The third-order valence-corrected chi connectivity index (χ3v) is 6.64. The van der Waals surface area contributed by atoms with Gasteiger partial charge in [-0.3, -0.25) is 4.79 Å². The zero-order valence-corrected chi connectivity index (χ0v) is 17.0. The van der Waals surface area contributed by atoms with Crippen molar-refractivity contribution in [2.45, 2.75) is 39.2 Å². The maximum absolute atomic E-state index is 12.5. The van der Waals surface area contributed by atoms with E-state index in [1.54, 1.807) is 4.90 Å². The molecular weight excluding hydrogens is 334 g/mol. The van der Waals surface area contributed by atoms with Gasteiger partial charge in [0.1, 0.15) is 26.2 Å². The van der Waals surface area contributed by atoms with Crippen LogP contribution in [0.4, 0.5) is 0 Å². The van der Waals surface area contributed by atoms with E-state index in [9.17, 15) is 4.79 Å². The van der Waals surface area contributed by atoms with Crippen molar-refractivity contribution in [1.82, 2.24) is 5.32 Å². The first-order valence-corrected chi connectivity index (χ1v) is 10.8. The van der Waals surface area contributed by atoms with Crippen molar-refractivity contribution >= 4 is 12.0 Å². The van der Waals surface area contributed by atoms with E-state index in [-0.39, 0.29) is 5.91 Å².